The van der Waals surface area contributed by atoms with Gasteiger partial charge in [-0.15, -0.1) is 0 Å². The number of nitrogens with two attached hydrogens (primary N) is 1. The van der Waals surface area contributed by atoms with Gasteiger partial charge in [-0.3, -0.25) is 0 Å². The molecule has 100 valence electrons. The second-order valence-electron chi connectivity index (χ2n) is 4.34. The van der Waals surface area contributed by atoms with E-state index >= 15 is 0 Å². The van der Waals surface area contributed by atoms with Crippen LogP contribution in [-0.4, -0.2) is 6.54 Å². The fraction of sp³-hybridized carbons (Fsp3) is 0.200. The maximum atomic E-state index is 13.6. The summed E-state index contributed by atoms with van der Waals surface area (Å²) in [4.78, 5) is 1.94. The number of benzene rings is 2. The minimum absolute atomic E-state index is 0.309. The Morgan fingerprint density at radius 1 is 1.11 bits per heavy atom. The van der Waals surface area contributed by atoms with Crippen molar-refractivity contribution in [2.45, 2.75) is 13.5 Å². The minimum atomic E-state index is -0.431. The highest BCUT2D eigenvalue weighted by atomic mass is 19.1. The van der Waals surface area contributed by atoms with Crippen molar-refractivity contribution >= 4 is 11.4 Å². The van der Waals surface area contributed by atoms with E-state index in [1.807, 2.05) is 30.0 Å². The number of hydrogen-bond acceptors (Lipinski definition) is 2. The van der Waals surface area contributed by atoms with E-state index in [-0.39, 0.29) is 0 Å². The van der Waals surface area contributed by atoms with Gasteiger partial charge in [0.15, 0.2) is 0 Å². The van der Waals surface area contributed by atoms with E-state index < -0.39 is 11.6 Å². The van der Waals surface area contributed by atoms with Crippen molar-refractivity contribution in [2.24, 2.45) is 0 Å². The van der Waals surface area contributed by atoms with Gasteiger partial charge in [-0.05, 0) is 43.3 Å². The fourth-order valence-electron chi connectivity index (χ4n) is 1.98. The molecule has 2 aromatic carbocycles. The summed E-state index contributed by atoms with van der Waals surface area (Å²) >= 11 is 0. The van der Waals surface area contributed by atoms with Gasteiger partial charge in [-0.2, -0.15) is 0 Å². The summed E-state index contributed by atoms with van der Waals surface area (Å²) in [5, 5.41) is 0. The highest BCUT2D eigenvalue weighted by molar-refractivity contribution is 5.56. The van der Waals surface area contributed by atoms with Gasteiger partial charge in [0.05, 0.1) is 0 Å². The molecule has 0 aliphatic rings. The van der Waals surface area contributed by atoms with E-state index in [4.69, 9.17) is 5.73 Å². The lowest BCUT2D eigenvalue weighted by atomic mass is 10.1. The molecule has 0 radical (unpaired) electrons. The smallest absolute Gasteiger partial charge is 0.128 e. The molecule has 0 aliphatic carbocycles. The predicted octanol–water partition coefficient (Wildman–Crippen LogP) is 3.57. The number of nitrogen functional groups attached to an aromatic ring is 1. The summed E-state index contributed by atoms with van der Waals surface area (Å²) in [7, 11) is 0. The lowest BCUT2D eigenvalue weighted by Gasteiger charge is -2.23. The van der Waals surface area contributed by atoms with Crippen LogP contribution in [0.15, 0.2) is 42.5 Å². The third-order valence-electron chi connectivity index (χ3n) is 2.99. The number of rotatable bonds is 4. The van der Waals surface area contributed by atoms with Crippen LogP contribution in [0.25, 0.3) is 0 Å². The van der Waals surface area contributed by atoms with Crippen molar-refractivity contribution in [3.63, 3.8) is 0 Å². The molecule has 0 saturated carbocycles. The van der Waals surface area contributed by atoms with Crippen LogP contribution in [-0.2, 0) is 6.54 Å². The van der Waals surface area contributed by atoms with Gasteiger partial charge in [-0.25, -0.2) is 8.78 Å². The summed E-state index contributed by atoms with van der Waals surface area (Å²) in [5.41, 5.74) is 7.62. The first-order valence-corrected chi connectivity index (χ1v) is 6.14. The zero-order valence-electron chi connectivity index (χ0n) is 10.7. The van der Waals surface area contributed by atoms with E-state index in [2.05, 4.69) is 0 Å². The van der Waals surface area contributed by atoms with Gasteiger partial charge < -0.3 is 10.6 Å². The van der Waals surface area contributed by atoms with Gasteiger partial charge in [0.25, 0.3) is 0 Å². The van der Waals surface area contributed by atoms with Crippen molar-refractivity contribution in [1.82, 2.24) is 0 Å². The predicted molar refractivity (Wildman–Crippen MR) is 73.9 cm³/mol. The lowest BCUT2D eigenvalue weighted by molar-refractivity contribution is 0.581. The molecule has 0 amide bonds. The molecule has 0 spiro atoms. The highest BCUT2D eigenvalue weighted by Gasteiger charge is 2.10. The Morgan fingerprint density at radius 2 is 1.89 bits per heavy atom. The molecule has 2 rings (SSSR count). The van der Waals surface area contributed by atoms with Crippen LogP contribution in [0.5, 0.6) is 0 Å². The molecule has 0 unspecified atom stereocenters. The first-order chi connectivity index (χ1) is 9.10. The molecule has 2 aromatic rings. The van der Waals surface area contributed by atoms with Gasteiger partial charge in [0.2, 0.25) is 0 Å². The molecule has 0 aromatic heterocycles. The Hall–Kier alpha value is -2.10. The fourth-order valence-corrected chi connectivity index (χ4v) is 1.98. The van der Waals surface area contributed by atoms with Crippen LogP contribution >= 0.6 is 0 Å². The first kappa shape index (κ1) is 13.3. The van der Waals surface area contributed by atoms with Crippen molar-refractivity contribution in [2.75, 3.05) is 17.2 Å². The normalized spacial score (nSPS) is 10.5. The van der Waals surface area contributed by atoms with Crippen molar-refractivity contribution in [3.05, 3.63) is 59.7 Å². The summed E-state index contributed by atoms with van der Waals surface area (Å²) in [6, 6.07) is 10.9. The molecule has 0 bridgehead atoms. The zero-order valence-corrected chi connectivity index (χ0v) is 10.7. The van der Waals surface area contributed by atoms with Gasteiger partial charge in [0.1, 0.15) is 11.6 Å². The van der Waals surface area contributed by atoms with E-state index in [9.17, 15) is 8.78 Å². The Balaban J connectivity index is 2.26. The monoisotopic (exact) mass is 262 g/mol. The van der Waals surface area contributed by atoms with Gasteiger partial charge in [-0.1, -0.05) is 6.07 Å². The highest BCUT2D eigenvalue weighted by Crippen LogP contribution is 2.21. The van der Waals surface area contributed by atoms with Crippen LogP contribution in [0.4, 0.5) is 20.2 Å². The molecule has 0 saturated heterocycles. The quantitative estimate of drug-likeness (QED) is 0.853. The molecule has 4 heteroatoms. The van der Waals surface area contributed by atoms with E-state index in [1.165, 1.54) is 6.07 Å². The third-order valence-corrected chi connectivity index (χ3v) is 2.99. The van der Waals surface area contributed by atoms with Crippen LogP contribution in [0.1, 0.15) is 12.5 Å². The molecular weight excluding hydrogens is 246 g/mol. The molecular formula is C15H16F2N2. The van der Waals surface area contributed by atoms with Crippen LogP contribution in [0.3, 0.4) is 0 Å². The Bertz CT molecular complexity index is 570. The van der Waals surface area contributed by atoms with Crippen LogP contribution < -0.4 is 10.6 Å². The molecule has 0 fully saturated rings. The summed E-state index contributed by atoms with van der Waals surface area (Å²) in [6.07, 6.45) is 0. The Labute approximate surface area is 111 Å². The average molecular weight is 262 g/mol. The van der Waals surface area contributed by atoms with Crippen molar-refractivity contribution in [3.8, 4) is 0 Å². The van der Waals surface area contributed by atoms with Crippen LogP contribution in [0.2, 0.25) is 0 Å². The maximum absolute atomic E-state index is 13.6. The summed E-state index contributed by atoms with van der Waals surface area (Å²) in [6.45, 7) is 2.95. The van der Waals surface area contributed by atoms with Gasteiger partial charge >= 0.3 is 0 Å². The largest absolute Gasteiger partial charge is 0.399 e. The van der Waals surface area contributed by atoms with E-state index in [1.54, 1.807) is 6.07 Å². The molecule has 0 atom stereocenters. The topological polar surface area (TPSA) is 29.3 Å². The first-order valence-electron chi connectivity index (χ1n) is 6.14. The molecule has 0 aliphatic heterocycles. The Morgan fingerprint density at radius 3 is 2.58 bits per heavy atom. The van der Waals surface area contributed by atoms with Crippen molar-refractivity contribution < 1.29 is 8.78 Å². The summed E-state index contributed by atoms with van der Waals surface area (Å²) in [5.74, 6) is -0.830. The minimum Gasteiger partial charge on any atom is -0.399 e. The Kier molecular flexibility index (Phi) is 4.00. The number of anilines is 2. The average Bonchev–Trinajstić information content (AvgIpc) is 2.39. The second kappa shape index (κ2) is 5.69. The third kappa shape index (κ3) is 3.22. The maximum Gasteiger partial charge on any atom is 0.128 e. The molecule has 0 heterocycles. The van der Waals surface area contributed by atoms with Crippen LogP contribution in [0, 0.1) is 11.6 Å². The molecule has 19 heavy (non-hydrogen) atoms. The number of halogens is 2. The number of nitrogens with zero attached hydrogens (tertiary/aromatic N) is 1. The summed E-state index contributed by atoms with van der Waals surface area (Å²) < 4.78 is 26.8. The van der Waals surface area contributed by atoms with E-state index in [0.29, 0.717) is 24.3 Å². The molecule has 2 N–H and O–H groups in total. The zero-order chi connectivity index (χ0) is 13.8. The standard InChI is InChI=1S/C15H16F2N2/c1-2-19(14-5-3-4-13(18)9-14)10-11-8-12(16)6-7-15(11)17/h3-9H,2,10,18H2,1H3. The lowest BCUT2D eigenvalue weighted by Crippen LogP contribution is -2.22. The second-order valence-corrected chi connectivity index (χ2v) is 4.34. The molecule has 2 nitrogen and oxygen atoms in total. The van der Waals surface area contributed by atoms with Gasteiger partial charge in [0, 0.05) is 30.0 Å². The SMILES string of the molecule is CCN(Cc1cc(F)ccc1F)c1cccc(N)c1. The van der Waals surface area contributed by atoms with Crippen molar-refractivity contribution in [1.29, 1.82) is 0 Å². The number of hydrogen-bond donors (Lipinski definition) is 1. The van der Waals surface area contributed by atoms with E-state index in [0.717, 1.165) is 17.8 Å².